The fourth-order valence-corrected chi connectivity index (χ4v) is 8.35. The van der Waals surface area contributed by atoms with Crippen LogP contribution >= 0.6 is 8.53 Å². The van der Waals surface area contributed by atoms with E-state index in [1.54, 1.807) is 26.5 Å². The Bertz CT molecular complexity index is 1880. The van der Waals surface area contributed by atoms with Crippen molar-refractivity contribution in [2.24, 2.45) is 0 Å². The van der Waals surface area contributed by atoms with E-state index in [1.807, 2.05) is 78.9 Å². The molecule has 1 N–H and O–H groups in total. The summed E-state index contributed by atoms with van der Waals surface area (Å²) in [4.78, 5) is 29.2. The van der Waals surface area contributed by atoms with E-state index < -0.39 is 38.3 Å². The molecule has 5 rings (SSSR count). The molecule has 0 radical (unpaired) electrons. The number of ether oxygens (including phenoxy) is 4. The number of carbonyl (C=O) groups excluding carboxylic acids is 1. The lowest BCUT2D eigenvalue weighted by atomic mass is 9.79. The first-order valence-electron chi connectivity index (χ1n) is 18.3. The molecule has 1 amide bonds. The van der Waals surface area contributed by atoms with E-state index in [2.05, 4.69) is 48.7 Å². The fraction of sp³-hybridized carbons (Fsp3) is 0.415. The highest BCUT2D eigenvalue weighted by atomic mass is 31.2. The highest BCUT2D eigenvalue weighted by molar-refractivity contribution is 7.44. The average molecular weight is 772 g/mol. The van der Waals surface area contributed by atoms with Crippen LogP contribution in [0.15, 0.2) is 95.9 Å². The van der Waals surface area contributed by atoms with Crippen molar-refractivity contribution < 1.29 is 32.8 Å². The van der Waals surface area contributed by atoms with Gasteiger partial charge in [0.25, 0.3) is 8.53 Å². The predicted octanol–water partition coefficient (Wildman–Crippen LogP) is 7.18. The summed E-state index contributed by atoms with van der Waals surface area (Å²) in [6.45, 7) is 9.90. The Morgan fingerprint density at radius 3 is 2.04 bits per heavy atom. The molecule has 3 aromatic carbocycles. The zero-order valence-electron chi connectivity index (χ0n) is 32.4. The number of carbonyl (C=O) groups is 1. The van der Waals surface area contributed by atoms with Gasteiger partial charge in [0, 0.05) is 31.6 Å². The Morgan fingerprint density at radius 2 is 1.53 bits per heavy atom. The Hall–Kier alpha value is -4.67. The first-order chi connectivity index (χ1) is 26.5. The number of amides is 1. The Labute approximate surface area is 324 Å². The molecule has 55 heavy (non-hydrogen) atoms. The van der Waals surface area contributed by atoms with Crippen molar-refractivity contribution in [3.63, 3.8) is 0 Å². The molecule has 0 aliphatic carbocycles. The standard InChI is InChI=1S/C41H50N5O8P/c1-28(2)46(29(3)4)55(51-25-11-23-42)52-27-37-36(26-39(53-37)45-24-22-38(43-30(5)47)44-40(45)48)54-41(31-12-9-8-10-13-31,32-14-18-34(49-6)19-15-32)33-16-20-35(50-7)21-17-33/h8-10,12-22,24,28-29,36-37,39H,11,25-27H2,1-7H3,(H,43,44,47,48). The summed E-state index contributed by atoms with van der Waals surface area (Å²) >= 11 is 0. The number of benzene rings is 3. The summed E-state index contributed by atoms with van der Waals surface area (Å²) in [5, 5.41) is 11.8. The van der Waals surface area contributed by atoms with Crippen molar-refractivity contribution >= 4 is 20.3 Å². The maximum atomic E-state index is 13.4. The van der Waals surface area contributed by atoms with Crippen LogP contribution in [0, 0.1) is 11.3 Å². The predicted molar refractivity (Wildman–Crippen MR) is 210 cm³/mol. The summed E-state index contributed by atoms with van der Waals surface area (Å²) in [5.74, 6) is 1.18. The second-order valence-corrected chi connectivity index (χ2v) is 15.0. The van der Waals surface area contributed by atoms with E-state index in [-0.39, 0.29) is 49.9 Å². The van der Waals surface area contributed by atoms with Gasteiger partial charge in [0.05, 0.1) is 46.0 Å². The van der Waals surface area contributed by atoms with Gasteiger partial charge in [0.2, 0.25) is 5.91 Å². The maximum absolute atomic E-state index is 13.4. The number of anilines is 1. The van der Waals surface area contributed by atoms with Gasteiger partial charge in [0.15, 0.2) is 0 Å². The Morgan fingerprint density at radius 1 is 0.945 bits per heavy atom. The number of aromatic nitrogens is 2. The SMILES string of the molecule is COc1ccc(C(OC2CC(n3ccc(NC(C)=O)nc3=O)OC2COP(OCCC#N)N(C(C)C)C(C)C)(c2ccccc2)c2ccc(OC)cc2)cc1. The summed E-state index contributed by atoms with van der Waals surface area (Å²) in [6.07, 6.45) is -0.118. The van der Waals surface area contributed by atoms with Crippen LogP contribution in [0.2, 0.25) is 0 Å². The van der Waals surface area contributed by atoms with Crippen molar-refractivity contribution in [2.45, 2.75) is 83.6 Å². The lowest BCUT2D eigenvalue weighted by Gasteiger charge is -2.40. The van der Waals surface area contributed by atoms with Crippen LogP contribution < -0.4 is 20.5 Å². The van der Waals surface area contributed by atoms with E-state index in [4.69, 9.17) is 28.0 Å². The van der Waals surface area contributed by atoms with Crippen LogP contribution in [-0.2, 0) is 28.9 Å². The quantitative estimate of drug-likeness (QED) is 0.0624. The monoisotopic (exact) mass is 771 g/mol. The van der Waals surface area contributed by atoms with Gasteiger partial charge < -0.3 is 33.3 Å². The van der Waals surface area contributed by atoms with Gasteiger partial charge in [-0.15, -0.1) is 0 Å². The molecular weight excluding hydrogens is 721 g/mol. The van der Waals surface area contributed by atoms with Crippen LogP contribution in [0.1, 0.15) is 70.4 Å². The molecule has 0 spiro atoms. The van der Waals surface area contributed by atoms with Crippen molar-refractivity contribution in [3.05, 3.63) is 118 Å². The zero-order chi connectivity index (χ0) is 39.5. The molecule has 0 saturated carbocycles. The minimum Gasteiger partial charge on any atom is -0.497 e. The number of methoxy groups -OCH3 is 2. The van der Waals surface area contributed by atoms with Gasteiger partial charge in [-0.25, -0.2) is 9.46 Å². The lowest BCUT2D eigenvalue weighted by Crippen LogP contribution is -2.41. The third kappa shape index (κ3) is 9.96. The van der Waals surface area contributed by atoms with Crippen LogP contribution in [0.3, 0.4) is 0 Å². The molecule has 4 aromatic rings. The van der Waals surface area contributed by atoms with E-state index in [0.717, 1.165) is 16.7 Å². The molecule has 1 aromatic heterocycles. The molecule has 14 heteroatoms. The van der Waals surface area contributed by atoms with Crippen LogP contribution in [0.5, 0.6) is 11.5 Å². The van der Waals surface area contributed by atoms with Crippen molar-refractivity contribution in [1.29, 1.82) is 5.26 Å². The minimum absolute atomic E-state index is 0.0532. The first-order valence-corrected chi connectivity index (χ1v) is 19.4. The largest absolute Gasteiger partial charge is 0.497 e. The van der Waals surface area contributed by atoms with E-state index in [9.17, 15) is 14.9 Å². The first kappa shape index (κ1) is 41.5. The summed E-state index contributed by atoms with van der Waals surface area (Å²) in [5.41, 5.74) is 0.747. The zero-order valence-corrected chi connectivity index (χ0v) is 33.3. The van der Waals surface area contributed by atoms with Gasteiger partial charge in [-0.05, 0) is 74.7 Å². The van der Waals surface area contributed by atoms with Crippen molar-refractivity contribution in [1.82, 2.24) is 14.2 Å². The lowest BCUT2D eigenvalue weighted by molar-refractivity contribution is -0.114. The molecule has 1 aliphatic rings. The molecule has 0 bridgehead atoms. The number of hydrogen-bond acceptors (Lipinski definition) is 11. The third-order valence-corrected chi connectivity index (χ3v) is 11.2. The van der Waals surface area contributed by atoms with Gasteiger partial charge in [0.1, 0.15) is 35.2 Å². The van der Waals surface area contributed by atoms with Gasteiger partial charge in [-0.2, -0.15) is 10.2 Å². The number of hydrogen-bond donors (Lipinski definition) is 1. The molecule has 2 heterocycles. The van der Waals surface area contributed by atoms with Crippen LogP contribution in [-0.4, -0.2) is 71.9 Å². The van der Waals surface area contributed by atoms with E-state index >= 15 is 0 Å². The summed E-state index contributed by atoms with van der Waals surface area (Å²) < 4.78 is 41.6. The van der Waals surface area contributed by atoms with Crippen molar-refractivity contribution in [2.75, 3.05) is 32.8 Å². The second-order valence-electron chi connectivity index (χ2n) is 13.6. The normalized spacial score (nSPS) is 17.7. The Kier molecular flexibility index (Phi) is 14.5. The number of nitrogens with one attached hydrogen (secondary N) is 1. The summed E-state index contributed by atoms with van der Waals surface area (Å²) in [7, 11) is 1.63. The molecule has 1 aliphatic heterocycles. The molecule has 4 unspecified atom stereocenters. The highest BCUT2D eigenvalue weighted by Gasteiger charge is 2.47. The van der Waals surface area contributed by atoms with Crippen molar-refractivity contribution in [3.8, 4) is 17.6 Å². The van der Waals surface area contributed by atoms with Crippen LogP contribution in [0.25, 0.3) is 0 Å². The van der Waals surface area contributed by atoms with E-state index in [1.165, 1.54) is 11.5 Å². The topological polar surface area (TPSA) is 146 Å². The molecule has 13 nitrogen and oxygen atoms in total. The molecule has 4 atom stereocenters. The van der Waals surface area contributed by atoms with Gasteiger partial charge >= 0.3 is 5.69 Å². The van der Waals surface area contributed by atoms with Crippen LogP contribution in [0.4, 0.5) is 5.82 Å². The molecule has 292 valence electrons. The van der Waals surface area contributed by atoms with Gasteiger partial charge in [-0.3, -0.25) is 9.36 Å². The minimum atomic E-state index is -1.62. The third-order valence-electron chi connectivity index (χ3n) is 9.14. The molecule has 1 fully saturated rings. The number of nitrogens with zero attached hydrogens (tertiary/aromatic N) is 4. The molecular formula is C41H50N5O8P. The fourth-order valence-electron chi connectivity index (χ4n) is 6.73. The Balaban J connectivity index is 1.62. The number of rotatable bonds is 18. The van der Waals surface area contributed by atoms with E-state index in [0.29, 0.717) is 11.5 Å². The molecule has 1 saturated heterocycles. The average Bonchev–Trinajstić information content (AvgIpc) is 3.57. The smallest absolute Gasteiger partial charge is 0.351 e. The summed E-state index contributed by atoms with van der Waals surface area (Å²) in [6, 6.07) is 29.3. The maximum Gasteiger partial charge on any atom is 0.351 e. The van der Waals surface area contributed by atoms with Gasteiger partial charge in [-0.1, -0.05) is 54.6 Å². The number of nitriles is 1. The second kappa shape index (κ2) is 19.3. The highest BCUT2D eigenvalue weighted by Crippen LogP contribution is 2.49.